The molecular weight excluding hydrogens is 283 g/mol. The summed E-state index contributed by atoms with van der Waals surface area (Å²) < 4.78 is 0. The zero-order valence-electron chi connectivity index (χ0n) is 10.2. The fourth-order valence-electron chi connectivity index (χ4n) is 1.69. The van der Waals surface area contributed by atoms with E-state index < -0.39 is 0 Å². The van der Waals surface area contributed by atoms with Crippen LogP contribution in [0.4, 0.5) is 0 Å². The van der Waals surface area contributed by atoms with Gasteiger partial charge in [-0.2, -0.15) is 0 Å². The van der Waals surface area contributed by atoms with Gasteiger partial charge in [0.2, 0.25) is 0 Å². The van der Waals surface area contributed by atoms with E-state index in [-0.39, 0.29) is 22.1 Å². The second kappa shape index (κ2) is 6.04. The molecule has 3 nitrogen and oxygen atoms in total. The van der Waals surface area contributed by atoms with Crippen molar-refractivity contribution in [3.8, 4) is 0 Å². The van der Waals surface area contributed by atoms with Crippen LogP contribution in [-0.2, 0) is 0 Å². The highest BCUT2D eigenvalue weighted by molar-refractivity contribution is 6.35. The number of hydrogen-bond acceptors (Lipinski definition) is 2. The van der Waals surface area contributed by atoms with Crippen molar-refractivity contribution in [3.05, 3.63) is 63.9 Å². The third-order valence-corrected chi connectivity index (χ3v) is 3.22. The Morgan fingerprint density at radius 3 is 2.63 bits per heavy atom. The number of benzene rings is 1. The molecule has 0 radical (unpaired) electrons. The summed E-state index contributed by atoms with van der Waals surface area (Å²) >= 11 is 11.7. The van der Waals surface area contributed by atoms with Crippen LogP contribution >= 0.6 is 23.2 Å². The molecule has 0 bridgehead atoms. The summed E-state index contributed by atoms with van der Waals surface area (Å²) in [5.74, 6) is -0.273. The normalized spacial score (nSPS) is 11.9. The van der Waals surface area contributed by atoms with E-state index >= 15 is 0 Å². The van der Waals surface area contributed by atoms with E-state index in [9.17, 15) is 4.79 Å². The molecule has 1 N–H and O–H groups in total. The van der Waals surface area contributed by atoms with Crippen molar-refractivity contribution >= 4 is 29.1 Å². The maximum Gasteiger partial charge on any atom is 0.253 e. The van der Waals surface area contributed by atoms with Crippen molar-refractivity contribution in [2.75, 3.05) is 0 Å². The minimum absolute atomic E-state index is 0.114. The van der Waals surface area contributed by atoms with Gasteiger partial charge in [-0.25, -0.2) is 4.98 Å². The molecule has 2 rings (SSSR count). The fraction of sp³-hybridized carbons (Fsp3) is 0.143. The van der Waals surface area contributed by atoms with Crippen LogP contribution in [0, 0.1) is 0 Å². The van der Waals surface area contributed by atoms with Crippen LogP contribution in [0.15, 0.2) is 42.6 Å². The lowest BCUT2D eigenvalue weighted by Crippen LogP contribution is -2.26. The van der Waals surface area contributed by atoms with Gasteiger partial charge in [-0.05, 0) is 18.6 Å². The van der Waals surface area contributed by atoms with Crippen LogP contribution in [-0.4, -0.2) is 10.9 Å². The van der Waals surface area contributed by atoms with Crippen molar-refractivity contribution < 1.29 is 4.79 Å². The third-order valence-electron chi connectivity index (χ3n) is 2.71. The van der Waals surface area contributed by atoms with Gasteiger partial charge in [0.25, 0.3) is 5.91 Å². The first-order chi connectivity index (χ1) is 9.08. The molecule has 0 aliphatic rings. The number of nitrogens with one attached hydrogen (secondary N) is 1. The molecular formula is C14H12Cl2N2O. The molecule has 0 saturated carbocycles. The number of halogens is 2. The van der Waals surface area contributed by atoms with Crippen LogP contribution in [0.2, 0.25) is 10.2 Å². The van der Waals surface area contributed by atoms with Gasteiger partial charge in [-0.3, -0.25) is 4.79 Å². The van der Waals surface area contributed by atoms with Gasteiger partial charge >= 0.3 is 0 Å². The Labute approximate surface area is 121 Å². The highest BCUT2D eigenvalue weighted by Crippen LogP contribution is 2.19. The van der Waals surface area contributed by atoms with Crippen molar-refractivity contribution in [1.82, 2.24) is 10.3 Å². The molecule has 19 heavy (non-hydrogen) atoms. The Bertz CT molecular complexity index is 587. The number of rotatable bonds is 3. The van der Waals surface area contributed by atoms with E-state index in [0.717, 1.165) is 5.56 Å². The second-order valence-electron chi connectivity index (χ2n) is 4.09. The third kappa shape index (κ3) is 3.46. The van der Waals surface area contributed by atoms with Crippen molar-refractivity contribution in [2.24, 2.45) is 0 Å². The van der Waals surface area contributed by atoms with Gasteiger partial charge in [-0.1, -0.05) is 53.5 Å². The highest BCUT2D eigenvalue weighted by Gasteiger charge is 2.14. The van der Waals surface area contributed by atoms with Crippen LogP contribution in [0.1, 0.15) is 28.9 Å². The highest BCUT2D eigenvalue weighted by atomic mass is 35.5. The number of hydrogen-bond donors (Lipinski definition) is 1. The lowest BCUT2D eigenvalue weighted by Gasteiger charge is -2.14. The van der Waals surface area contributed by atoms with Gasteiger partial charge in [-0.15, -0.1) is 0 Å². The average Bonchev–Trinajstić information content (AvgIpc) is 2.42. The Morgan fingerprint density at radius 2 is 1.95 bits per heavy atom. The van der Waals surface area contributed by atoms with E-state index in [0.29, 0.717) is 5.56 Å². The summed E-state index contributed by atoms with van der Waals surface area (Å²) in [4.78, 5) is 15.9. The van der Waals surface area contributed by atoms with Crippen molar-refractivity contribution in [1.29, 1.82) is 0 Å². The van der Waals surface area contributed by atoms with Gasteiger partial charge in [0.1, 0.15) is 5.15 Å². The molecule has 1 aromatic carbocycles. The first-order valence-corrected chi connectivity index (χ1v) is 6.50. The molecule has 98 valence electrons. The fourth-order valence-corrected chi connectivity index (χ4v) is 2.03. The maximum atomic E-state index is 12.1. The summed E-state index contributed by atoms with van der Waals surface area (Å²) in [6.45, 7) is 1.91. The quantitative estimate of drug-likeness (QED) is 0.873. The van der Waals surface area contributed by atoms with E-state index in [1.54, 1.807) is 0 Å². The number of pyridine rings is 1. The van der Waals surface area contributed by atoms with Crippen LogP contribution in [0.25, 0.3) is 0 Å². The molecule has 0 fully saturated rings. The summed E-state index contributed by atoms with van der Waals surface area (Å²) in [5.41, 5.74) is 1.34. The number of carbonyl (C=O) groups is 1. The first-order valence-electron chi connectivity index (χ1n) is 5.75. The number of amides is 1. The van der Waals surface area contributed by atoms with E-state index in [2.05, 4.69) is 10.3 Å². The van der Waals surface area contributed by atoms with Gasteiger partial charge in [0.05, 0.1) is 16.6 Å². The Hall–Kier alpha value is -1.58. The molecule has 0 saturated heterocycles. The van der Waals surface area contributed by atoms with Crippen LogP contribution in [0.3, 0.4) is 0 Å². The summed E-state index contributed by atoms with van der Waals surface area (Å²) in [5, 5.41) is 3.39. The molecule has 1 atom stereocenters. The standard InChI is InChI=1S/C14H12Cl2N2O/c1-9(10-5-3-2-4-6-10)18-14(19)11-7-13(16)17-8-12(11)15/h2-9H,1H3,(H,18,19). The lowest BCUT2D eigenvalue weighted by atomic mass is 10.1. The summed E-state index contributed by atoms with van der Waals surface area (Å²) in [6.07, 6.45) is 1.37. The molecule has 1 heterocycles. The predicted molar refractivity (Wildman–Crippen MR) is 76.6 cm³/mol. The zero-order chi connectivity index (χ0) is 13.8. The number of carbonyl (C=O) groups excluding carboxylic acids is 1. The molecule has 2 aromatic rings. The molecule has 1 aromatic heterocycles. The predicted octanol–water partition coefficient (Wildman–Crippen LogP) is 3.88. The summed E-state index contributed by atoms with van der Waals surface area (Å²) in [7, 11) is 0. The zero-order valence-corrected chi connectivity index (χ0v) is 11.7. The van der Waals surface area contributed by atoms with Gasteiger partial charge in [0.15, 0.2) is 0 Å². The second-order valence-corrected chi connectivity index (χ2v) is 4.89. The van der Waals surface area contributed by atoms with Crippen molar-refractivity contribution in [3.63, 3.8) is 0 Å². The van der Waals surface area contributed by atoms with E-state index in [1.165, 1.54) is 12.3 Å². The lowest BCUT2D eigenvalue weighted by molar-refractivity contribution is 0.0940. The molecule has 5 heteroatoms. The topological polar surface area (TPSA) is 42.0 Å². The molecule has 0 aliphatic heterocycles. The van der Waals surface area contributed by atoms with Gasteiger partial charge in [0, 0.05) is 6.20 Å². The minimum Gasteiger partial charge on any atom is -0.345 e. The molecule has 0 spiro atoms. The maximum absolute atomic E-state index is 12.1. The Kier molecular flexibility index (Phi) is 4.40. The minimum atomic E-state index is -0.273. The monoisotopic (exact) mass is 294 g/mol. The molecule has 0 aliphatic carbocycles. The molecule has 1 amide bonds. The number of aromatic nitrogens is 1. The van der Waals surface area contributed by atoms with Crippen LogP contribution < -0.4 is 5.32 Å². The van der Waals surface area contributed by atoms with E-state index in [1.807, 2.05) is 37.3 Å². The summed E-state index contributed by atoms with van der Waals surface area (Å²) in [6, 6.07) is 11.0. The van der Waals surface area contributed by atoms with Crippen molar-refractivity contribution in [2.45, 2.75) is 13.0 Å². The Balaban J connectivity index is 2.15. The Morgan fingerprint density at radius 1 is 1.26 bits per heavy atom. The average molecular weight is 295 g/mol. The number of nitrogens with zero attached hydrogens (tertiary/aromatic N) is 1. The van der Waals surface area contributed by atoms with E-state index in [4.69, 9.17) is 23.2 Å². The van der Waals surface area contributed by atoms with Gasteiger partial charge < -0.3 is 5.32 Å². The largest absolute Gasteiger partial charge is 0.345 e. The molecule has 1 unspecified atom stereocenters. The smallest absolute Gasteiger partial charge is 0.253 e. The first kappa shape index (κ1) is 13.8. The SMILES string of the molecule is CC(NC(=O)c1cc(Cl)ncc1Cl)c1ccccc1. The van der Waals surface area contributed by atoms with Crippen LogP contribution in [0.5, 0.6) is 0 Å².